The minimum Gasteiger partial charge on any atom is -0.457 e. The highest BCUT2D eigenvalue weighted by atomic mass is 32.2. The monoisotopic (exact) mass is 474 g/mol. The van der Waals surface area contributed by atoms with Crippen molar-refractivity contribution in [2.24, 2.45) is 0 Å². The number of hydrogen-bond acceptors (Lipinski definition) is 6. The minimum absolute atomic E-state index is 0.148. The average Bonchev–Trinajstić information content (AvgIpc) is 2.79. The molecule has 33 heavy (non-hydrogen) atoms. The smallest absolute Gasteiger partial charge is 0.245 e. The molecule has 1 N–H and O–H groups in total. The highest BCUT2D eigenvalue weighted by molar-refractivity contribution is 7.92. The number of sulfone groups is 1. The molecule has 1 aliphatic heterocycles. The zero-order valence-electron chi connectivity index (χ0n) is 19.8. The summed E-state index contributed by atoms with van der Waals surface area (Å²) < 4.78 is 32.3. The van der Waals surface area contributed by atoms with Gasteiger partial charge >= 0.3 is 0 Å². The van der Waals surface area contributed by atoms with Crippen molar-refractivity contribution in [1.29, 1.82) is 0 Å². The molecule has 0 radical (unpaired) electrons. The largest absolute Gasteiger partial charge is 0.457 e. The van der Waals surface area contributed by atoms with Gasteiger partial charge in [0, 0.05) is 6.42 Å². The maximum absolute atomic E-state index is 13.8. The van der Waals surface area contributed by atoms with Crippen LogP contribution in [0, 0.1) is 0 Å². The van der Waals surface area contributed by atoms with E-state index < -0.39 is 26.1 Å². The molecule has 2 aromatic carbocycles. The average molecular weight is 475 g/mol. The molecule has 0 unspecified atom stereocenters. The Labute approximate surface area is 197 Å². The maximum atomic E-state index is 13.8. The van der Waals surface area contributed by atoms with Crippen molar-refractivity contribution < 1.29 is 22.8 Å². The molecule has 1 saturated heterocycles. The molecule has 7 nitrogen and oxygen atoms in total. The van der Waals surface area contributed by atoms with E-state index in [1.807, 2.05) is 51.1 Å². The summed E-state index contributed by atoms with van der Waals surface area (Å²) >= 11 is 0. The predicted octanol–water partition coefficient (Wildman–Crippen LogP) is 4.34. The lowest BCUT2D eigenvalue weighted by Gasteiger charge is -2.40. The van der Waals surface area contributed by atoms with Crippen molar-refractivity contribution in [3.05, 3.63) is 54.6 Å². The predicted molar refractivity (Wildman–Crippen MR) is 128 cm³/mol. The highest BCUT2D eigenvalue weighted by Gasteiger charge is 2.48. The second-order valence-electron chi connectivity index (χ2n) is 9.42. The zero-order chi connectivity index (χ0) is 24.1. The van der Waals surface area contributed by atoms with Crippen molar-refractivity contribution in [3.8, 4) is 11.5 Å². The molecule has 0 aromatic heterocycles. The van der Waals surface area contributed by atoms with E-state index in [0.717, 1.165) is 6.54 Å². The number of hydroxylamine groups is 1. The Balaban J connectivity index is 1.83. The van der Waals surface area contributed by atoms with Crippen molar-refractivity contribution in [1.82, 2.24) is 10.4 Å². The Bertz CT molecular complexity index is 1020. The van der Waals surface area contributed by atoms with Crippen molar-refractivity contribution in [2.45, 2.75) is 62.2 Å². The number of amides is 1. The van der Waals surface area contributed by atoms with Crippen LogP contribution in [0.5, 0.6) is 11.5 Å². The van der Waals surface area contributed by atoms with E-state index in [4.69, 9.17) is 9.57 Å². The van der Waals surface area contributed by atoms with Gasteiger partial charge in [-0.2, -0.15) is 0 Å². The first-order valence-corrected chi connectivity index (χ1v) is 12.8. The molecule has 1 fully saturated rings. The summed E-state index contributed by atoms with van der Waals surface area (Å²) in [6.07, 6.45) is 0.619. The quantitative estimate of drug-likeness (QED) is 0.573. The third-order valence-corrected chi connectivity index (χ3v) is 8.44. The molecule has 2 aromatic rings. The van der Waals surface area contributed by atoms with Gasteiger partial charge in [-0.25, -0.2) is 13.9 Å². The van der Waals surface area contributed by atoms with Crippen molar-refractivity contribution in [2.75, 3.05) is 19.6 Å². The number of carbonyl (C=O) groups is 1. The van der Waals surface area contributed by atoms with Gasteiger partial charge in [-0.3, -0.25) is 9.63 Å². The second kappa shape index (κ2) is 10.2. The number of ether oxygens (including phenoxy) is 1. The molecular formula is C25H34N2O5S. The molecule has 0 bridgehead atoms. The lowest BCUT2D eigenvalue weighted by atomic mass is 9.92. The third-order valence-electron chi connectivity index (χ3n) is 5.85. The molecule has 0 saturated carbocycles. The Morgan fingerprint density at radius 2 is 1.58 bits per heavy atom. The number of likely N-dealkylation sites (tertiary alicyclic amines) is 1. The number of hydrogen-bond donors (Lipinski definition) is 1. The van der Waals surface area contributed by atoms with Gasteiger partial charge < -0.3 is 9.64 Å². The van der Waals surface area contributed by atoms with Crippen LogP contribution in [0.3, 0.4) is 0 Å². The first-order chi connectivity index (χ1) is 15.5. The van der Waals surface area contributed by atoms with E-state index in [9.17, 15) is 13.2 Å². The number of para-hydroxylation sites is 1. The number of carbonyl (C=O) groups excluding carboxylic acids is 1. The van der Waals surface area contributed by atoms with E-state index in [0.29, 0.717) is 37.4 Å². The van der Waals surface area contributed by atoms with Gasteiger partial charge in [-0.05, 0) is 89.6 Å². The normalized spacial score (nSPS) is 16.8. The Hall–Kier alpha value is -2.42. The Morgan fingerprint density at radius 3 is 2.12 bits per heavy atom. The van der Waals surface area contributed by atoms with Crippen LogP contribution in [0.1, 0.15) is 47.0 Å². The zero-order valence-corrected chi connectivity index (χ0v) is 20.7. The van der Waals surface area contributed by atoms with Crippen LogP contribution < -0.4 is 10.2 Å². The van der Waals surface area contributed by atoms with E-state index in [1.165, 1.54) is 0 Å². The fourth-order valence-corrected chi connectivity index (χ4v) is 5.95. The van der Waals surface area contributed by atoms with Crippen LogP contribution in [-0.2, 0) is 19.5 Å². The Morgan fingerprint density at radius 1 is 1.00 bits per heavy atom. The molecule has 0 spiro atoms. The van der Waals surface area contributed by atoms with E-state index in [-0.39, 0.29) is 11.3 Å². The van der Waals surface area contributed by atoms with Gasteiger partial charge in [-0.15, -0.1) is 0 Å². The SMILES string of the molecule is CCN1CCC(CC(=O)NOC(C)(C)C)(S(=O)(=O)c2ccc(Oc3ccccc3)cc2)CC1. The fraction of sp³-hybridized carbons (Fsp3) is 0.480. The summed E-state index contributed by atoms with van der Waals surface area (Å²) in [7, 11) is -3.79. The van der Waals surface area contributed by atoms with Crippen LogP contribution in [0.15, 0.2) is 59.5 Å². The summed E-state index contributed by atoms with van der Waals surface area (Å²) in [6, 6.07) is 15.7. The number of piperidine rings is 1. The third kappa shape index (κ3) is 6.34. The molecule has 1 amide bonds. The van der Waals surface area contributed by atoms with Crippen LogP contribution >= 0.6 is 0 Å². The summed E-state index contributed by atoms with van der Waals surface area (Å²) in [5, 5.41) is 0. The summed E-state index contributed by atoms with van der Waals surface area (Å²) in [5.41, 5.74) is 1.88. The van der Waals surface area contributed by atoms with Crippen molar-refractivity contribution in [3.63, 3.8) is 0 Å². The minimum atomic E-state index is -3.79. The molecule has 3 rings (SSSR count). The number of rotatable bonds is 8. The van der Waals surface area contributed by atoms with Gasteiger partial charge in [0.25, 0.3) is 0 Å². The van der Waals surface area contributed by atoms with Crippen LogP contribution in [0.25, 0.3) is 0 Å². The van der Waals surface area contributed by atoms with E-state index >= 15 is 0 Å². The summed E-state index contributed by atoms with van der Waals surface area (Å²) in [4.78, 5) is 20.5. The first kappa shape index (κ1) is 25.2. The van der Waals surface area contributed by atoms with E-state index in [1.54, 1.807) is 24.3 Å². The molecule has 1 aliphatic rings. The molecule has 8 heteroatoms. The number of benzene rings is 2. The van der Waals surface area contributed by atoms with Crippen LogP contribution in [0.2, 0.25) is 0 Å². The maximum Gasteiger partial charge on any atom is 0.245 e. The number of nitrogens with one attached hydrogen (secondary N) is 1. The lowest BCUT2D eigenvalue weighted by Crippen LogP contribution is -2.51. The second-order valence-corrected chi connectivity index (χ2v) is 11.8. The number of nitrogens with zero attached hydrogens (tertiary/aromatic N) is 1. The standard InChI is InChI=1S/C25H34N2O5S/c1-5-27-17-15-25(16-18-27,19-23(28)26-32-24(2,3)4)33(29,30)22-13-11-21(12-14-22)31-20-9-7-6-8-10-20/h6-14H,5,15-19H2,1-4H3,(H,26,28). The molecule has 180 valence electrons. The van der Waals surface area contributed by atoms with Gasteiger partial charge in [0.15, 0.2) is 9.84 Å². The molecule has 0 aliphatic carbocycles. The van der Waals surface area contributed by atoms with Gasteiger partial charge in [0.05, 0.1) is 15.2 Å². The summed E-state index contributed by atoms with van der Waals surface area (Å²) in [5.74, 6) is 0.792. The van der Waals surface area contributed by atoms with Gasteiger partial charge in [-0.1, -0.05) is 25.1 Å². The van der Waals surface area contributed by atoms with E-state index in [2.05, 4.69) is 17.3 Å². The lowest BCUT2D eigenvalue weighted by molar-refractivity contribution is -0.146. The van der Waals surface area contributed by atoms with Crippen molar-refractivity contribution >= 4 is 15.7 Å². The van der Waals surface area contributed by atoms with Crippen LogP contribution in [-0.4, -0.2) is 49.2 Å². The topological polar surface area (TPSA) is 84.9 Å². The Kier molecular flexibility index (Phi) is 7.82. The molecule has 0 atom stereocenters. The van der Waals surface area contributed by atoms with Gasteiger partial charge in [0.1, 0.15) is 11.5 Å². The molecular weight excluding hydrogens is 440 g/mol. The molecule has 1 heterocycles. The van der Waals surface area contributed by atoms with Gasteiger partial charge in [0.2, 0.25) is 5.91 Å². The fourth-order valence-electron chi connectivity index (χ4n) is 3.92. The first-order valence-electron chi connectivity index (χ1n) is 11.3. The summed E-state index contributed by atoms with van der Waals surface area (Å²) in [6.45, 7) is 9.60. The van der Waals surface area contributed by atoms with Crippen LogP contribution in [0.4, 0.5) is 0 Å². The highest BCUT2D eigenvalue weighted by Crippen LogP contribution is 2.39.